The number of hydrogen-bond acceptors (Lipinski definition) is 7. The van der Waals surface area contributed by atoms with Gasteiger partial charge in [0.2, 0.25) is 0 Å². The van der Waals surface area contributed by atoms with Gasteiger partial charge in [-0.1, -0.05) is 41.4 Å². The van der Waals surface area contributed by atoms with Crippen molar-refractivity contribution in [3.05, 3.63) is 79.6 Å². The lowest BCUT2D eigenvalue weighted by Crippen LogP contribution is -2.18. The number of rotatable bonds is 6. The lowest BCUT2D eigenvalue weighted by atomic mass is 10.1. The van der Waals surface area contributed by atoms with E-state index in [1.165, 1.54) is 18.2 Å². The van der Waals surface area contributed by atoms with Gasteiger partial charge in [-0.25, -0.2) is 4.68 Å². The third-order valence-electron chi connectivity index (χ3n) is 5.32. The van der Waals surface area contributed by atoms with E-state index in [1.54, 1.807) is 11.6 Å². The molecule has 3 aromatic rings. The number of ether oxygens (including phenoxy) is 2. The molecular formula is C24H20ClN5O5. The number of nitrogens with one attached hydrogen (secondary N) is 1. The highest BCUT2D eigenvalue weighted by Crippen LogP contribution is 2.39. The average Bonchev–Trinajstić information content (AvgIpc) is 3.10. The fraction of sp³-hybridized carbons (Fsp3) is 0.208. The minimum Gasteiger partial charge on any atom is -0.486 e. The second kappa shape index (κ2) is 9.87. The fourth-order valence-electron chi connectivity index (χ4n) is 3.51. The van der Waals surface area contributed by atoms with Gasteiger partial charge in [-0.2, -0.15) is 10.4 Å². The highest BCUT2D eigenvalue weighted by molar-refractivity contribution is 6.31. The van der Waals surface area contributed by atoms with Crippen LogP contribution in [0, 0.1) is 35.3 Å². The third-order valence-corrected chi connectivity index (χ3v) is 5.72. The number of carbonyl (C=O) groups is 1. The Kier molecular flexibility index (Phi) is 6.71. The number of nitro groups is 1. The molecule has 178 valence electrons. The molecule has 1 amide bonds. The predicted octanol–water partition coefficient (Wildman–Crippen LogP) is 4.43. The van der Waals surface area contributed by atoms with Gasteiger partial charge >= 0.3 is 0 Å². The maximum absolute atomic E-state index is 12.9. The van der Waals surface area contributed by atoms with Crippen molar-refractivity contribution in [2.24, 2.45) is 0 Å². The quantitative estimate of drug-likeness (QED) is 0.232. The predicted molar refractivity (Wildman–Crippen MR) is 129 cm³/mol. The zero-order valence-corrected chi connectivity index (χ0v) is 19.6. The minimum atomic E-state index is -0.839. The number of carbonyl (C=O) groups excluding carboxylic acids is 1. The van der Waals surface area contributed by atoms with Crippen LogP contribution in [0.4, 0.5) is 11.4 Å². The molecule has 1 N–H and O–H groups in total. The first kappa shape index (κ1) is 23.8. The van der Waals surface area contributed by atoms with Crippen LogP contribution in [-0.4, -0.2) is 33.8 Å². The maximum Gasteiger partial charge on any atom is 0.296 e. The van der Waals surface area contributed by atoms with Crippen molar-refractivity contribution in [3.63, 3.8) is 0 Å². The summed E-state index contributed by atoms with van der Waals surface area (Å²) in [6.07, 6.45) is 1.31. The topological polar surface area (TPSA) is 132 Å². The smallest absolute Gasteiger partial charge is 0.296 e. The van der Waals surface area contributed by atoms with Crippen molar-refractivity contribution in [1.82, 2.24) is 9.78 Å². The van der Waals surface area contributed by atoms with Gasteiger partial charge < -0.3 is 14.8 Å². The van der Waals surface area contributed by atoms with Gasteiger partial charge in [-0.3, -0.25) is 14.9 Å². The summed E-state index contributed by atoms with van der Waals surface area (Å²) < 4.78 is 12.4. The van der Waals surface area contributed by atoms with E-state index < -0.39 is 10.8 Å². The van der Waals surface area contributed by atoms with Crippen LogP contribution in [0.25, 0.3) is 6.08 Å². The number of halogens is 1. The molecule has 0 saturated carbocycles. The van der Waals surface area contributed by atoms with E-state index >= 15 is 0 Å². The summed E-state index contributed by atoms with van der Waals surface area (Å²) in [6, 6.07) is 12.2. The van der Waals surface area contributed by atoms with Crippen molar-refractivity contribution < 1.29 is 19.2 Å². The first-order valence-corrected chi connectivity index (χ1v) is 10.9. The van der Waals surface area contributed by atoms with Crippen LogP contribution in [0.15, 0.2) is 42.0 Å². The largest absolute Gasteiger partial charge is 0.486 e. The third kappa shape index (κ3) is 5.10. The molecule has 0 aliphatic carbocycles. The van der Waals surface area contributed by atoms with Crippen LogP contribution in [0.2, 0.25) is 5.15 Å². The van der Waals surface area contributed by atoms with Crippen molar-refractivity contribution in [3.8, 4) is 17.6 Å². The second-order valence-electron chi connectivity index (χ2n) is 7.83. The molecule has 0 atom stereocenters. The summed E-state index contributed by atoms with van der Waals surface area (Å²) in [4.78, 5) is 23.8. The number of amides is 1. The molecule has 4 rings (SSSR count). The summed E-state index contributed by atoms with van der Waals surface area (Å²) in [6.45, 7) is 4.64. The van der Waals surface area contributed by atoms with E-state index in [0.717, 1.165) is 11.1 Å². The molecule has 1 aromatic heterocycles. The van der Waals surface area contributed by atoms with Crippen LogP contribution in [-0.2, 0) is 11.3 Å². The van der Waals surface area contributed by atoms with Gasteiger partial charge in [0, 0.05) is 11.6 Å². The van der Waals surface area contributed by atoms with Gasteiger partial charge in [0.05, 0.1) is 23.2 Å². The average molecular weight is 494 g/mol. The molecule has 1 aliphatic heterocycles. The Morgan fingerprint density at radius 2 is 1.91 bits per heavy atom. The van der Waals surface area contributed by atoms with E-state index in [-0.39, 0.29) is 46.8 Å². The molecule has 0 bridgehead atoms. The molecule has 0 spiro atoms. The van der Waals surface area contributed by atoms with E-state index in [0.29, 0.717) is 17.8 Å². The number of nitriles is 1. The first-order chi connectivity index (χ1) is 16.8. The van der Waals surface area contributed by atoms with Gasteiger partial charge in [0.15, 0.2) is 11.5 Å². The maximum atomic E-state index is 12.9. The number of aromatic nitrogens is 2. The van der Waals surface area contributed by atoms with Crippen LogP contribution >= 0.6 is 11.6 Å². The highest BCUT2D eigenvalue weighted by atomic mass is 35.5. The van der Waals surface area contributed by atoms with Gasteiger partial charge in [-0.05, 0) is 25.5 Å². The normalized spacial score (nSPS) is 12.7. The Morgan fingerprint density at radius 3 is 2.54 bits per heavy atom. The van der Waals surface area contributed by atoms with Crippen molar-refractivity contribution in [2.75, 3.05) is 18.5 Å². The van der Waals surface area contributed by atoms with Crippen LogP contribution in [0.5, 0.6) is 11.5 Å². The molecule has 0 fully saturated rings. The molecule has 2 heterocycles. The molecular weight excluding hydrogens is 474 g/mol. The van der Waals surface area contributed by atoms with E-state index in [9.17, 15) is 20.2 Å². The lowest BCUT2D eigenvalue weighted by molar-refractivity contribution is -0.384. The summed E-state index contributed by atoms with van der Waals surface area (Å²) in [7, 11) is 0. The Hall–Kier alpha value is -4.36. The zero-order valence-electron chi connectivity index (χ0n) is 18.9. The second-order valence-corrected chi connectivity index (χ2v) is 8.19. The lowest BCUT2D eigenvalue weighted by Gasteiger charge is -2.19. The van der Waals surface area contributed by atoms with Crippen molar-refractivity contribution in [2.45, 2.75) is 20.4 Å². The number of fused-ring (bicyclic) bond motifs is 1. The number of aryl methyl sites for hydroxylation is 2. The SMILES string of the molecule is Cc1ccc(Cn2nc(C)c(/C=C(\C#N)C(=O)Nc3cc4c(cc3[N+](=O)[O-])OCCO4)c2Cl)cc1. The van der Waals surface area contributed by atoms with Crippen LogP contribution in [0.3, 0.4) is 0 Å². The molecule has 0 unspecified atom stereocenters. The Morgan fingerprint density at radius 1 is 1.26 bits per heavy atom. The zero-order chi connectivity index (χ0) is 25.1. The van der Waals surface area contributed by atoms with E-state index in [2.05, 4.69) is 10.4 Å². The monoisotopic (exact) mass is 493 g/mol. The van der Waals surface area contributed by atoms with Crippen molar-refractivity contribution >= 4 is 35.0 Å². The Balaban J connectivity index is 1.61. The first-order valence-electron chi connectivity index (χ1n) is 10.6. The van der Waals surface area contributed by atoms with Gasteiger partial charge in [0.1, 0.15) is 35.7 Å². The van der Waals surface area contributed by atoms with Gasteiger partial charge in [-0.15, -0.1) is 0 Å². The number of hydrogen-bond donors (Lipinski definition) is 1. The highest BCUT2D eigenvalue weighted by Gasteiger charge is 2.25. The molecule has 1 aliphatic rings. The molecule has 2 aromatic carbocycles. The minimum absolute atomic E-state index is 0.122. The number of nitrogens with zero attached hydrogens (tertiary/aromatic N) is 4. The summed E-state index contributed by atoms with van der Waals surface area (Å²) in [5.74, 6) is -0.370. The van der Waals surface area contributed by atoms with Crippen LogP contribution in [0.1, 0.15) is 22.4 Å². The molecule has 0 radical (unpaired) electrons. The van der Waals surface area contributed by atoms with E-state index in [4.69, 9.17) is 21.1 Å². The Labute approximate surface area is 205 Å². The number of anilines is 1. The van der Waals surface area contributed by atoms with Gasteiger partial charge in [0.25, 0.3) is 11.6 Å². The molecule has 0 saturated heterocycles. The standard InChI is InChI=1S/C24H20ClN5O5/c1-14-3-5-16(6-4-14)13-29-23(25)18(15(2)28-29)9-17(12-26)24(31)27-19-10-21-22(35-8-7-34-21)11-20(19)30(32)33/h3-6,9-11H,7-8,13H2,1-2H3,(H,27,31)/b17-9+. The van der Waals surface area contributed by atoms with Crippen molar-refractivity contribution in [1.29, 1.82) is 5.26 Å². The summed E-state index contributed by atoms with van der Waals surface area (Å²) in [5, 5.41) is 28.3. The number of nitro benzene ring substituents is 1. The fourth-order valence-corrected chi connectivity index (χ4v) is 3.80. The Bertz CT molecular complexity index is 1390. The summed E-state index contributed by atoms with van der Waals surface area (Å²) >= 11 is 6.52. The van der Waals surface area contributed by atoms with Crippen LogP contribution < -0.4 is 14.8 Å². The number of benzene rings is 2. The molecule has 35 heavy (non-hydrogen) atoms. The molecule has 10 nitrogen and oxygen atoms in total. The van der Waals surface area contributed by atoms with E-state index in [1.807, 2.05) is 37.3 Å². The summed E-state index contributed by atoms with van der Waals surface area (Å²) in [5.41, 5.74) is 2.23. The molecule has 11 heteroatoms.